The molecule has 46 heavy (non-hydrogen) atoms. The molecule has 0 saturated carbocycles. The van der Waals surface area contributed by atoms with Crippen LogP contribution in [0.3, 0.4) is 0 Å². The molecule has 2 unspecified atom stereocenters. The van der Waals surface area contributed by atoms with Crippen molar-refractivity contribution in [3.63, 3.8) is 0 Å². The number of rotatable bonds is 30. The summed E-state index contributed by atoms with van der Waals surface area (Å²) in [5.74, 6) is -0.339. The Morgan fingerprint density at radius 3 is 1.30 bits per heavy atom. The second-order valence-electron chi connectivity index (χ2n) is 14.8. The molecule has 2 atom stereocenters. The van der Waals surface area contributed by atoms with Gasteiger partial charge in [-0.2, -0.15) is 0 Å². The van der Waals surface area contributed by atoms with E-state index in [0.717, 1.165) is 51.8 Å². The molecular weight excluding hydrogens is 786 g/mol. The van der Waals surface area contributed by atoms with Crippen LogP contribution in [-0.2, 0) is 18.8 Å². The summed E-state index contributed by atoms with van der Waals surface area (Å²) in [5.41, 5.74) is -0.203. The van der Waals surface area contributed by atoms with Gasteiger partial charge in [-0.3, -0.25) is 0 Å². The molecule has 1 rings (SSSR count). The fourth-order valence-corrected chi connectivity index (χ4v) is 79.6. The van der Waals surface area contributed by atoms with Crippen molar-refractivity contribution in [2.45, 2.75) is 234 Å². The van der Waals surface area contributed by atoms with E-state index in [-0.39, 0.29) is 17.5 Å². The minimum absolute atomic E-state index is 0.152. The van der Waals surface area contributed by atoms with Crippen LogP contribution in [-0.4, -0.2) is 47.6 Å². The second kappa shape index (κ2) is 27.2. The van der Waals surface area contributed by atoms with E-state index in [0.29, 0.717) is 0 Å². The summed E-state index contributed by atoms with van der Waals surface area (Å²) in [5, 5.41) is 0. The van der Waals surface area contributed by atoms with Gasteiger partial charge in [0.1, 0.15) is 0 Å². The van der Waals surface area contributed by atoms with Crippen LogP contribution in [0, 0.1) is 0 Å². The van der Waals surface area contributed by atoms with Gasteiger partial charge in [0.15, 0.2) is 0 Å². The molecule has 1 fully saturated rings. The molecule has 0 N–H and O–H groups in total. The van der Waals surface area contributed by atoms with Crippen molar-refractivity contribution < 1.29 is 18.8 Å². The second-order valence-corrected chi connectivity index (χ2v) is 62.8. The molecular formula is C39H78O5Sn2. The van der Waals surface area contributed by atoms with Crippen LogP contribution in [0.4, 0.5) is 0 Å². The molecule has 0 aliphatic carbocycles. The summed E-state index contributed by atoms with van der Waals surface area (Å²) in [6.45, 7) is 12.3. The molecule has 1 aliphatic rings. The van der Waals surface area contributed by atoms with Crippen molar-refractivity contribution in [3.8, 4) is 0 Å². The van der Waals surface area contributed by atoms with Gasteiger partial charge in [0.25, 0.3) is 0 Å². The molecule has 0 bridgehead atoms. The number of unbranched alkanes of at least 4 members (excludes halogenated alkanes) is 20. The monoisotopic (exact) mass is 866 g/mol. The quantitative estimate of drug-likeness (QED) is 0.0532. The van der Waals surface area contributed by atoms with E-state index < -0.39 is 30.1 Å². The number of carbonyl (C=O) groups excluding carboxylic acids is 2. The van der Waals surface area contributed by atoms with Crippen molar-refractivity contribution in [1.29, 1.82) is 0 Å². The number of carbonyl (C=O) groups is 2. The topological polar surface area (TPSA) is 61.8 Å². The molecule has 1 aliphatic heterocycles. The van der Waals surface area contributed by atoms with E-state index in [2.05, 4.69) is 27.7 Å². The zero-order valence-corrected chi connectivity index (χ0v) is 37.5. The molecule has 1 heterocycles. The molecule has 0 spiro atoms. The van der Waals surface area contributed by atoms with Gasteiger partial charge in [-0.1, -0.05) is 0 Å². The first-order valence-corrected chi connectivity index (χ1v) is 40.9. The Hall–Kier alpha value is 0.497. The Kier molecular flexibility index (Phi) is 26.4. The molecule has 272 valence electrons. The van der Waals surface area contributed by atoms with Gasteiger partial charge in [0.2, 0.25) is 0 Å². The molecule has 0 radical (unpaired) electrons. The predicted octanol–water partition coefficient (Wildman–Crippen LogP) is 13.0. The van der Waals surface area contributed by atoms with Gasteiger partial charge >= 0.3 is 295 Å². The van der Waals surface area contributed by atoms with Gasteiger partial charge in [-0.05, 0) is 0 Å². The van der Waals surface area contributed by atoms with E-state index in [4.69, 9.17) is 9.22 Å². The normalized spacial score (nSPS) is 20.9. The van der Waals surface area contributed by atoms with Gasteiger partial charge in [0, 0.05) is 0 Å². The number of hydrogen-bond donors (Lipinski definition) is 0. The molecule has 0 aromatic heterocycles. The van der Waals surface area contributed by atoms with Crippen LogP contribution in [0.15, 0.2) is 0 Å². The van der Waals surface area contributed by atoms with Gasteiger partial charge in [-0.25, -0.2) is 0 Å². The average Bonchev–Trinajstić information content (AvgIpc) is 3.01. The fourth-order valence-electron chi connectivity index (χ4n) is 7.82. The first-order chi connectivity index (χ1) is 22.2. The van der Waals surface area contributed by atoms with Crippen LogP contribution < -0.4 is 0 Å². The Bertz CT molecular complexity index is 761. The van der Waals surface area contributed by atoms with Crippen LogP contribution in [0.1, 0.15) is 215 Å². The Morgan fingerprint density at radius 1 is 0.522 bits per heavy atom. The van der Waals surface area contributed by atoms with Crippen LogP contribution in [0.25, 0.3) is 0 Å². The zero-order valence-electron chi connectivity index (χ0n) is 31.8. The zero-order chi connectivity index (χ0) is 34.0. The summed E-state index contributed by atoms with van der Waals surface area (Å²) >= 11 is -7.97. The van der Waals surface area contributed by atoms with Gasteiger partial charge in [-0.15, -0.1) is 0 Å². The van der Waals surface area contributed by atoms with E-state index in [1.54, 1.807) is 13.8 Å². The van der Waals surface area contributed by atoms with E-state index in [9.17, 15) is 9.59 Å². The summed E-state index contributed by atoms with van der Waals surface area (Å²) in [6.07, 6.45) is 33.0. The number of hydrogen-bond acceptors (Lipinski definition) is 5. The molecule has 0 amide bonds. The maximum atomic E-state index is 13.1. The molecule has 0 aromatic rings. The van der Waals surface area contributed by atoms with Gasteiger partial charge in [0.05, 0.1) is 0 Å². The van der Waals surface area contributed by atoms with Crippen molar-refractivity contribution in [3.05, 3.63) is 0 Å². The SMILES string of the molecule is CCCCCCCCC1(CCCCCCCC)C[CH2][Sn]([CH2]CCCCCCC)([O]C(C)=O)[Sn]([CH2]CCCCCCC)([O]C(C)=O)[O]1. The molecule has 5 nitrogen and oxygen atoms in total. The first-order valence-electron chi connectivity index (χ1n) is 20.3. The molecule has 1 saturated heterocycles. The molecule has 0 aromatic carbocycles. The van der Waals surface area contributed by atoms with Crippen molar-refractivity contribution in [2.24, 2.45) is 0 Å². The van der Waals surface area contributed by atoms with Crippen LogP contribution in [0.5, 0.6) is 0 Å². The van der Waals surface area contributed by atoms with Crippen LogP contribution in [0.2, 0.25) is 13.3 Å². The minimum atomic E-state index is -4.18. The van der Waals surface area contributed by atoms with E-state index in [1.807, 2.05) is 0 Å². The van der Waals surface area contributed by atoms with Crippen LogP contribution >= 0.6 is 0 Å². The van der Waals surface area contributed by atoms with Gasteiger partial charge < -0.3 is 0 Å². The third kappa shape index (κ3) is 17.9. The maximum absolute atomic E-state index is 13.1. The summed E-state index contributed by atoms with van der Waals surface area (Å²) in [7, 11) is 0. The predicted molar refractivity (Wildman–Crippen MR) is 201 cm³/mol. The summed E-state index contributed by atoms with van der Waals surface area (Å²) in [4.78, 5) is 26.0. The fraction of sp³-hybridized carbons (Fsp3) is 0.949. The van der Waals surface area contributed by atoms with Crippen molar-refractivity contribution in [1.82, 2.24) is 0 Å². The third-order valence-corrected chi connectivity index (χ3v) is 76.3. The summed E-state index contributed by atoms with van der Waals surface area (Å²) < 4.78 is 24.1. The van der Waals surface area contributed by atoms with Crippen molar-refractivity contribution >= 4 is 42.0 Å². The first kappa shape index (κ1) is 44.5. The van der Waals surface area contributed by atoms with E-state index >= 15 is 0 Å². The third-order valence-electron chi connectivity index (χ3n) is 10.5. The standard InChI is InChI=1S/C19H38O.2C8H17.2C2H4O2.2Sn/c1-4-7-9-11-13-15-17-19(20,6-3)18-16-14-12-10-8-5-2;2*1-3-5-7-8-6-4-2;2*1-2(3)4;;/h3-18H2,1-2H3;2*1,3-8H2,2H3;2*1H3,(H,3,4);;/q-1;;;;;+1;+2/p-2. The molecule has 7 heteroatoms. The van der Waals surface area contributed by atoms with E-state index in [1.165, 1.54) is 135 Å². The summed E-state index contributed by atoms with van der Waals surface area (Å²) in [6, 6.07) is 0. The van der Waals surface area contributed by atoms with Crippen molar-refractivity contribution in [2.75, 3.05) is 0 Å². The average molecular weight is 864 g/mol. The Balaban J connectivity index is 3.40. The Labute approximate surface area is 292 Å². The Morgan fingerprint density at radius 2 is 0.891 bits per heavy atom.